The highest BCUT2D eigenvalue weighted by Gasteiger charge is 2.27. The molecular weight excluding hydrogens is 162 g/mol. The standard InChI is InChI=1S/C11H13NO/c1-8(12-13-2)11-7-9-5-3-4-6-10(9)11/h3-6,11H,7H2,1-2H3/b12-8+. The van der Waals surface area contributed by atoms with Gasteiger partial charge >= 0.3 is 0 Å². The summed E-state index contributed by atoms with van der Waals surface area (Å²) in [5.74, 6) is 0.483. The summed E-state index contributed by atoms with van der Waals surface area (Å²) in [6.07, 6.45) is 1.11. The molecule has 0 heterocycles. The lowest BCUT2D eigenvalue weighted by Gasteiger charge is -2.29. The van der Waals surface area contributed by atoms with Gasteiger partial charge in [0, 0.05) is 5.92 Å². The molecule has 0 amide bonds. The van der Waals surface area contributed by atoms with Crippen molar-refractivity contribution in [2.45, 2.75) is 19.3 Å². The fourth-order valence-corrected chi connectivity index (χ4v) is 1.84. The SMILES string of the molecule is CO/N=C(\C)C1Cc2ccccc21. The lowest BCUT2D eigenvalue weighted by molar-refractivity contribution is 0.211. The number of rotatable bonds is 2. The van der Waals surface area contributed by atoms with E-state index in [-0.39, 0.29) is 0 Å². The first kappa shape index (κ1) is 8.30. The molecule has 0 fully saturated rings. The largest absolute Gasteiger partial charge is 0.399 e. The maximum Gasteiger partial charge on any atom is 0.106 e. The minimum atomic E-state index is 0.483. The first-order valence-electron chi connectivity index (χ1n) is 4.48. The first-order valence-corrected chi connectivity index (χ1v) is 4.48. The third kappa shape index (κ3) is 1.32. The van der Waals surface area contributed by atoms with Crippen molar-refractivity contribution in [1.82, 2.24) is 0 Å². The molecule has 0 aliphatic heterocycles. The molecule has 1 aromatic carbocycles. The molecule has 1 aliphatic rings. The van der Waals surface area contributed by atoms with E-state index in [4.69, 9.17) is 4.84 Å². The Balaban J connectivity index is 2.22. The predicted molar refractivity (Wildman–Crippen MR) is 53.0 cm³/mol. The number of hydrogen-bond donors (Lipinski definition) is 0. The Hall–Kier alpha value is -1.31. The number of benzene rings is 1. The molecule has 0 radical (unpaired) electrons. The zero-order valence-corrected chi connectivity index (χ0v) is 7.95. The van der Waals surface area contributed by atoms with Gasteiger partial charge in [-0.25, -0.2) is 0 Å². The molecule has 0 saturated carbocycles. The summed E-state index contributed by atoms with van der Waals surface area (Å²) >= 11 is 0. The van der Waals surface area contributed by atoms with E-state index >= 15 is 0 Å². The van der Waals surface area contributed by atoms with E-state index in [0.29, 0.717) is 5.92 Å². The summed E-state index contributed by atoms with van der Waals surface area (Å²) in [5.41, 5.74) is 3.92. The molecule has 2 nitrogen and oxygen atoms in total. The molecule has 1 unspecified atom stereocenters. The molecule has 13 heavy (non-hydrogen) atoms. The summed E-state index contributed by atoms with van der Waals surface area (Å²) < 4.78 is 0. The highest BCUT2D eigenvalue weighted by atomic mass is 16.6. The minimum absolute atomic E-state index is 0.483. The molecule has 1 aromatic rings. The normalized spacial score (nSPS) is 20.5. The zero-order chi connectivity index (χ0) is 9.26. The van der Waals surface area contributed by atoms with Crippen LogP contribution >= 0.6 is 0 Å². The predicted octanol–water partition coefficient (Wildman–Crippen LogP) is 2.35. The average Bonchev–Trinajstić information content (AvgIpc) is 2.07. The number of nitrogens with zero attached hydrogens (tertiary/aromatic N) is 1. The Morgan fingerprint density at radius 3 is 2.92 bits per heavy atom. The quantitative estimate of drug-likeness (QED) is 0.499. The van der Waals surface area contributed by atoms with Gasteiger partial charge in [0.15, 0.2) is 0 Å². The summed E-state index contributed by atoms with van der Waals surface area (Å²) in [4.78, 5) is 4.76. The highest BCUT2D eigenvalue weighted by Crippen LogP contribution is 2.35. The smallest absolute Gasteiger partial charge is 0.106 e. The van der Waals surface area contributed by atoms with Crippen LogP contribution in [0.15, 0.2) is 29.4 Å². The van der Waals surface area contributed by atoms with Gasteiger partial charge in [-0.1, -0.05) is 29.4 Å². The van der Waals surface area contributed by atoms with E-state index in [1.807, 2.05) is 6.92 Å². The van der Waals surface area contributed by atoms with Crippen LogP contribution in [0.25, 0.3) is 0 Å². The molecule has 2 rings (SSSR count). The topological polar surface area (TPSA) is 21.6 Å². The van der Waals surface area contributed by atoms with Gasteiger partial charge in [-0.15, -0.1) is 0 Å². The number of hydrogen-bond acceptors (Lipinski definition) is 2. The lowest BCUT2D eigenvalue weighted by Crippen LogP contribution is -2.23. The summed E-state index contributed by atoms with van der Waals surface area (Å²) in [5, 5.41) is 3.96. The van der Waals surface area contributed by atoms with E-state index in [1.54, 1.807) is 7.11 Å². The van der Waals surface area contributed by atoms with E-state index < -0.39 is 0 Å². The maximum atomic E-state index is 4.76. The van der Waals surface area contributed by atoms with Gasteiger partial charge in [0.1, 0.15) is 7.11 Å². The molecule has 2 heteroatoms. The van der Waals surface area contributed by atoms with Gasteiger partial charge in [0.2, 0.25) is 0 Å². The maximum absolute atomic E-state index is 4.76. The van der Waals surface area contributed by atoms with Crippen molar-refractivity contribution in [3.63, 3.8) is 0 Å². The molecule has 0 saturated heterocycles. The van der Waals surface area contributed by atoms with Crippen LogP contribution in [-0.4, -0.2) is 12.8 Å². The van der Waals surface area contributed by atoms with Crippen molar-refractivity contribution >= 4 is 5.71 Å². The summed E-state index contributed by atoms with van der Waals surface area (Å²) in [6, 6.07) is 8.49. The number of oxime groups is 1. The molecule has 1 aliphatic carbocycles. The second kappa shape index (κ2) is 3.21. The molecule has 68 valence electrons. The van der Waals surface area contributed by atoms with Crippen LogP contribution in [0.4, 0.5) is 0 Å². The van der Waals surface area contributed by atoms with Gasteiger partial charge in [-0.05, 0) is 24.5 Å². The second-order valence-electron chi connectivity index (χ2n) is 3.37. The van der Waals surface area contributed by atoms with Crippen molar-refractivity contribution in [1.29, 1.82) is 0 Å². The van der Waals surface area contributed by atoms with Crippen molar-refractivity contribution in [3.05, 3.63) is 35.4 Å². The summed E-state index contributed by atoms with van der Waals surface area (Å²) in [7, 11) is 1.59. The van der Waals surface area contributed by atoms with Crippen LogP contribution in [0.3, 0.4) is 0 Å². The van der Waals surface area contributed by atoms with Gasteiger partial charge in [0.25, 0.3) is 0 Å². The van der Waals surface area contributed by atoms with Crippen LogP contribution in [0.1, 0.15) is 24.0 Å². The van der Waals surface area contributed by atoms with Gasteiger partial charge < -0.3 is 4.84 Å². The van der Waals surface area contributed by atoms with Crippen LogP contribution in [0.5, 0.6) is 0 Å². The van der Waals surface area contributed by atoms with Crippen LogP contribution in [-0.2, 0) is 11.3 Å². The Labute approximate surface area is 78.2 Å². The molecule has 0 spiro atoms. The Bertz CT molecular complexity index is 344. The molecule has 1 atom stereocenters. The first-order chi connectivity index (χ1) is 6.33. The van der Waals surface area contributed by atoms with E-state index in [1.165, 1.54) is 11.1 Å². The van der Waals surface area contributed by atoms with Crippen molar-refractivity contribution in [3.8, 4) is 0 Å². The zero-order valence-electron chi connectivity index (χ0n) is 7.95. The Kier molecular flexibility index (Phi) is 2.05. The molecule has 0 bridgehead atoms. The van der Waals surface area contributed by atoms with Gasteiger partial charge in [-0.2, -0.15) is 0 Å². The minimum Gasteiger partial charge on any atom is -0.399 e. The van der Waals surface area contributed by atoms with E-state index in [2.05, 4.69) is 29.4 Å². The van der Waals surface area contributed by atoms with Gasteiger partial charge in [-0.3, -0.25) is 0 Å². The second-order valence-corrected chi connectivity index (χ2v) is 3.37. The summed E-state index contributed by atoms with van der Waals surface area (Å²) in [6.45, 7) is 2.02. The van der Waals surface area contributed by atoms with Crippen molar-refractivity contribution < 1.29 is 4.84 Å². The average molecular weight is 175 g/mol. The Morgan fingerprint density at radius 1 is 1.46 bits per heavy atom. The molecule has 0 N–H and O–H groups in total. The van der Waals surface area contributed by atoms with Crippen molar-refractivity contribution in [2.75, 3.05) is 7.11 Å². The third-order valence-corrected chi connectivity index (χ3v) is 2.59. The highest BCUT2D eigenvalue weighted by molar-refractivity contribution is 5.91. The van der Waals surface area contributed by atoms with Crippen molar-refractivity contribution in [2.24, 2.45) is 5.16 Å². The number of fused-ring (bicyclic) bond motifs is 1. The van der Waals surface area contributed by atoms with Gasteiger partial charge in [0.05, 0.1) is 5.71 Å². The molecular formula is C11H13NO. The fourth-order valence-electron chi connectivity index (χ4n) is 1.84. The van der Waals surface area contributed by atoms with Crippen LogP contribution in [0, 0.1) is 0 Å². The van der Waals surface area contributed by atoms with Crippen LogP contribution < -0.4 is 0 Å². The Morgan fingerprint density at radius 2 is 2.23 bits per heavy atom. The monoisotopic (exact) mass is 175 g/mol. The van der Waals surface area contributed by atoms with Crippen LogP contribution in [0.2, 0.25) is 0 Å². The van der Waals surface area contributed by atoms with E-state index in [9.17, 15) is 0 Å². The third-order valence-electron chi connectivity index (χ3n) is 2.59. The molecule has 0 aromatic heterocycles. The lowest BCUT2D eigenvalue weighted by atomic mass is 9.75. The van der Waals surface area contributed by atoms with E-state index in [0.717, 1.165) is 12.1 Å². The fraction of sp³-hybridized carbons (Fsp3) is 0.364.